The zero-order valence-corrected chi connectivity index (χ0v) is 24.6. The maximum Gasteiger partial charge on any atom is 0.271 e. The summed E-state index contributed by atoms with van der Waals surface area (Å²) in [4.78, 5) is 17.7. The van der Waals surface area contributed by atoms with Crippen LogP contribution in [0.25, 0.3) is 0 Å². The zero-order valence-electron chi connectivity index (χ0n) is 22.9. The molecule has 0 radical (unpaired) electrons. The zero-order chi connectivity index (χ0) is 27.9. The van der Waals surface area contributed by atoms with Crippen LogP contribution in [-0.4, -0.2) is 87.9 Å². The first-order chi connectivity index (χ1) is 18.0. The van der Waals surface area contributed by atoms with E-state index < -0.39 is 16.1 Å². The van der Waals surface area contributed by atoms with Gasteiger partial charge in [0.15, 0.2) is 0 Å². The highest BCUT2D eigenvalue weighted by Gasteiger charge is 2.30. The number of carbonyl (C=O) groups excluding carboxylic acids is 1. The molecule has 2 N–H and O–H groups in total. The van der Waals surface area contributed by atoms with Crippen LogP contribution in [0.1, 0.15) is 50.4 Å². The Hall–Kier alpha value is -2.18. The summed E-state index contributed by atoms with van der Waals surface area (Å²) in [5.74, 6) is 0.0445. The summed E-state index contributed by atoms with van der Waals surface area (Å²) in [5.41, 5.74) is 0.513. The van der Waals surface area contributed by atoms with Gasteiger partial charge in [0.25, 0.3) is 15.9 Å². The van der Waals surface area contributed by atoms with Crippen LogP contribution in [0.15, 0.2) is 39.9 Å². The van der Waals surface area contributed by atoms with Gasteiger partial charge >= 0.3 is 0 Å². The molecule has 0 aliphatic carbocycles. The van der Waals surface area contributed by atoms with Gasteiger partial charge in [0.1, 0.15) is 9.96 Å². The lowest BCUT2D eigenvalue weighted by molar-refractivity contribution is -0.0137. The Kier molecular flexibility index (Phi) is 11.0. The summed E-state index contributed by atoms with van der Waals surface area (Å²) in [7, 11) is 0.195. The fourth-order valence-corrected chi connectivity index (χ4v) is 6.47. The van der Waals surface area contributed by atoms with Gasteiger partial charge < -0.3 is 24.4 Å². The largest absolute Gasteiger partial charge is 0.490 e. The van der Waals surface area contributed by atoms with Crippen LogP contribution in [0.5, 0.6) is 5.75 Å². The minimum absolute atomic E-state index is 0.0119. The number of aliphatic hydroxyl groups is 1. The summed E-state index contributed by atoms with van der Waals surface area (Å²) < 4.78 is 40.9. The van der Waals surface area contributed by atoms with Crippen molar-refractivity contribution in [3.8, 4) is 5.75 Å². The minimum atomic E-state index is -3.79. The number of nitrogens with one attached hydrogen (secondary N) is 1. The van der Waals surface area contributed by atoms with Gasteiger partial charge in [0.2, 0.25) is 0 Å². The third-order valence-electron chi connectivity index (χ3n) is 6.61. The van der Waals surface area contributed by atoms with Crippen molar-refractivity contribution in [1.82, 2.24) is 9.80 Å². The van der Waals surface area contributed by atoms with Crippen molar-refractivity contribution in [3.63, 3.8) is 0 Å². The SMILES string of the molecule is C[C@@H]1CCCCO[C@@H](CN(C)C)[C@H](C)CN([C@H](C)CO)C(=O)c2cc(NS(=O)(=O)c3cccs3)ccc2O1. The summed E-state index contributed by atoms with van der Waals surface area (Å²) in [6, 6.07) is 7.51. The fraction of sp³-hybridized carbons (Fsp3) is 0.593. The van der Waals surface area contributed by atoms with Crippen LogP contribution >= 0.6 is 11.3 Å². The van der Waals surface area contributed by atoms with E-state index in [0.717, 1.165) is 30.6 Å². The Bertz CT molecular complexity index is 1140. The van der Waals surface area contributed by atoms with Crippen LogP contribution in [-0.2, 0) is 14.8 Å². The van der Waals surface area contributed by atoms with Crippen LogP contribution < -0.4 is 9.46 Å². The molecule has 3 rings (SSSR count). The predicted molar refractivity (Wildman–Crippen MR) is 151 cm³/mol. The predicted octanol–water partition coefficient (Wildman–Crippen LogP) is 3.91. The number of nitrogens with zero attached hydrogens (tertiary/aromatic N) is 2. The van der Waals surface area contributed by atoms with E-state index in [4.69, 9.17) is 9.47 Å². The van der Waals surface area contributed by atoms with Crippen molar-refractivity contribution in [1.29, 1.82) is 0 Å². The van der Waals surface area contributed by atoms with Gasteiger partial charge in [-0.25, -0.2) is 8.42 Å². The van der Waals surface area contributed by atoms with Crippen LogP contribution in [0.4, 0.5) is 5.69 Å². The van der Waals surface area contributed by atoms with Gasteiger partial charge in [-0.3, -0.25) is 9.52 Å². The number of likely N-dealkylation sites (N-methyl/N-ethyl adjacent to an activating group) is 1. The molecule has 0 saturated carbocycles. The average Bonchev–Trinajstić information content (AvgIpc) is 3.42. The summed E-state index contributed by atoms with van der Waals surface area (Å²) in [6.07, 6.45) is 2.36. The van der Waals surface area contributed by atoms with E-state index >= 15 is 0 Å². The van der Waals surface area contributed by atoms with Crippen molar-refractivity contribution < 1.29 is 27.8 Å². The molecule has 11 heteroatoms. The lowest BCUT2D eigenvalue weighted by Crippen LogP contribution is -2.47. The number of hydrogen-bond donors (Lipinski definition) is 2. The molecule has 1 aromatic carbocycles. The molecule has 0 bridgehead atoms. The second kappa shape index (κ2) is 13.7. The number of sulfonamides is 1. The molecule has 1 amide bonds. The number of thiophene rings is 1. The first-order valence-corrected chi connectivity index (χ1v) is 15.4. The third-order valence-corrected chi connectivity index (χ3v) is 9.39. The Labute approximate surface area is 230 Å². The molecule has 0 fully saturated rings. The lowest BCUT2D eigenvalue weighted by Gasteiger charge is -2.35. The number of hydrogen-bond acceptors (Lipinski definition) is 8. The first-order valence-electron chi connectivity index (χ1n) is 13.1. The molecule has 9 nitrogen and oxygen atoms in total. The summed E-state index contributed by atoms with van der Waals surface area (Å²) in [5, 5.41) is 11.7. The molecule has 38 heavy (non-hydrogen) atoms. The quantitative estimate of drug-likeness (QED) is 0.522. The highest BCUT2D eigenvalue weighted by atomic mass is 32.2. The van der Waals surface area contributed by atoms with Crippen LogP contribution in [0, 0.1) is 5.92 Å². The summed E-state index contributed by atoms with van der Waals surface area (Å²) >= 11 is 1.12. The molecule has 2 aromatic rings. The molecule has 0 saturated heterocycles. The molecule has 0 spiro atoms. The minimum Gasteiger partial charge on any atom is -0.490 e. The monoisotopic (exact) mass is 567 g/mol. The molecule has 1 aliphatic heterocycles. The molecule has 1 aliphatic rings. The molecule has 1 aromatic heterocycles. The molecular weight excluding hydrogens is 526 g/mol. The average molecular weight is 568 g/mol. The van der Waals surface area contributed by atoms with E-state index in [1.807, 2.05) is 21.0 Å². The highest BCUT2D eigenvalue weighted by molar-refractivity contribution is 7.94. The maximum atomic E-state index is 14.0. The Balaban J connectivity index is 2.01. The van der Waals surface area contributed by atoms with E-state index in [2.05, 4.69) is 16.5 Å². The number of ether oxygens (including phenoxy) is 2. The highest BCUT2D eigenvalue weighted by Crippen LogP contribution is 2.30. The van der Waals surface area contributed by atoms with Crippen molar-refractivity contribution >= 4 is 33.0 Å². The van der Waals surface area contributed by atoms with Crippen LogP contribution in [0.3, 0.4) is 0 Å². The fourth-order valence-electron chi connectivity index (χ4n) is 4.43. The Morgan fingerprint density at radius 3 is 2.66 bits per heavy atom. The number of benzene rings is 1. The summed E-state index contributed by atoms with van der Waals surface area (Å²) in [6.45, 7) is 7.29. The number of amides is 1. The molecule has 4 atom stereocenters. The standard InChI is InChI=1S/C27H41N3O6S2/c1-19-16-30(20(2)18-31)27(32)23-15-22(28-38(33,34)26-10-8-14-37-26)11-12-24(23)36-21(3)9-6-7-13-35-25(19)17-29(4)5/h8,10-12,14-15,19-21,25,28,31H,6-7,9,13,16-18H2,1-5H3/t19-,20-,21-,25+/m1/s1. The third kappa shape index (κ3) is 8.16. The van der Waals surface area contributed by atoms with E-state index in [1.165, 1.54) is 12.1 Å². The van der Waals surface area contributed by atoms with Gasteiger partial charge in [0, 0.05) is 31.3 Å². The molecular formula is C27H41N3O6S2. The van der Waals surface area contributed by atoms with Gasteiger partial charge in [0.05, 0.1) is 30.4 Å². The van der Waals surface area contributed by atoms with Gasteiger partial charge in [-0.15, -0.1) is 11.3 Å². The maximum absolute atomic E-state index is 14.0. The number of aliphatic hydroxyl groups excluding tert-OH is 1. The van der Waals surface area contributed by atoms with Crippen molar-refractivity contribution in [3.05, 3.63) is 41.3 Å². The second-order valence-corrected chi connectivity index (χ2v) is 13.2. The van der Waals surface area contributed by atoms with Gasteiger partial charge in [-0.2, -0.15) is 0 Å². The molecule has 2 heterocycles. The Morgan fingerprint density at radius 1 is 1.24 bits per heavy atom. The normalized spacial score (nSPS) is 22.9. The molecule has 212 valence electrons. The van der Waals surface area contributed by atoms with E-state index in [1.54, 1.807) is 35.4 Å². The topological polar surface area (TPSA) is 108 Å². The van der Waals surface area contributed by atoms with Crippen molar-refractivity contribution in [2.45, 2.75) is 62.5 Å². The number of fused-ring (bicyclic) bond motifs is 1. The second-order valence-electron chi connectivity index (χ2n) is 10.3. The molecule has 0 unspecified atom stereocenters. The van der Waals surface area contributed by atoms with Crippen molar-refractivity contribution in [2.75, 3.05) is 45.1 Å². The lowest BCUT2D eigenvalue weighted by atomic mass is 10.0. The van der Waals surface area contributed by atoms with E-state index in [0.29, 0.717) is 25.4 Å². The van der Waals surface area contributed by atoms with E-state index in [-0.39, 0.29) is 46.1 Å². The first kappa shape index (κ1) is 30.4. The van der Waals surface area contributed by atoms with Crippen molar-refractivity contribution in [2.24, 2.45) is 5.92 Å². The number of anilines is 1. The smallest absolute Gasteiger partial charge is 0.271 e. The number of rotatable bonds is 7. The van der Waals surface area contributed by atoms with Crippen LogP contribution in [0.2, 0.25) is 0 Å². The van der Waals surface area contributed by atoms with E-state index in [9.17, 15) is 18.3 Å². The number of carbonyl (C=O) groups is 1. The van der Waals surface area contributed by atoms with Gasteiger partial charge in [-0.05, 0) is 76.9 Å². The van der Waals surface area contributed by atoms with Gasteiger partial charge in [-0.1, -0.05) is 13.0 Å². The Morgan fingerprint density at radius 2 is 2.00 bits per heavy atom.